The van der Waals surface area contributed by atoms with Crippen molar-refractivity contribution >= 4 is 15.9 Å². The molecule has 5 heteroatoms. The van der Waals surface area contributed by atoms with Gasteiger partial charge in [-0.2, -0.15) is 4.39 Å². The van der Waals surface area contributed by atoms with Gasteiger partial charge in [0.15, 0.2) is 17.3 Å². The Bertz CT molecular complexity index is 275. The molecule has 0 saturated carbocycles. The monoisotopic (exact) mass is 224 g/mol. The number of halogens is 3. The standard InChI is InChI=1S/C6H3BrF2O2/c7-2-1-3(8)6(11)4(9)5(2)10/h1,10-11H. The van der Waals surface area contributed by atoms with Gasteiger partial charge >= 0.3 is 0 Å². The molecular formula is C6H3BrF2O2. The summed E-state index contributed by atoms with van der Waals surface area (Å²) in [6.45, 7) is 0. The minimum Gasteiger partial charge on any atom is -0.504 e. The molecule has 0 aliphatic rings. The summed E-state index contributed by atoms with van der Waals surface area (Å²) in [6.07, 6.45) is 0. The molecule has 1 aromatic rings. The molecule has 0 aromatic heterocycles. The Morgan fingerprint density at radius 2 is 1.73 bits per heavy atom. The Labute approximate surface area is 69.2 Å². The molecule has 0 spiro atoms. The number of aromatic hydroxyl groups is 2. The first-order valence-corrected chi connectivity index (χ1v) is 3.38. The van der Waals surface area contributed by atoms with Crippen LogP contribution >= 0.6 is 15.9 Å². The normalized spacial score (nSPS) is 10.1. The second kappa shape index (κ2) is 2.65. The second-order valence-corrected chi connectivity index (χ2v) is 2.71. The van der Waals surface area contributed by atoms with Crippen LogP contribution in [0.4, 0.5) is 8.78 Å². The first-order valence-electron chi connectivity index (χ1n) is 2.59. The zero-order valence-corrected chi connectivity index (χ0v) is 6.69. The molecule has 0 saturated heterocycles. The van der Waals surface area contributed by atoms with E-state index >= 15 is 0 Å². The van der Waals surface area contributed by atoms with Crippen molar-refractivity contribution in [2.75, 3.05) is 0 Å². The van der Waals surface area contributed by atoms with Crippen molar-refractivity contribution in [2.24, 2.45) is 0 Å². The van der Waals surface area contributed by atoms with E-state index in [0.717, 1.165) is 6.07 Å². The summed E-state index contributed by atoms with van der Waals surface area (Å²) in [5, 5.41) is 17.3. The fraction of sp³-hybridized carbons (Fsp3) is 0. The molecule has 0 aliphatic heterocycles. The van der Waals surface area contributed by atoms with Crippen LogP contribution in [-0.2, 0) is 0 Å². The molecule has 1 aromatic carbocycles. The molecule has 2 nitrogen and oxygen atoms in total. The van der Waals surface area contributed by atoms with Crippen molar-refractivity contribution in [1.29, 1.82) is 0 Å². The summed E-state index contributed by atoms with van der Waals surface area (Å²) in [4.78, 5) is 0. The van der Waals surface area contributed by atoms with Crippen molar-refractivity contribution in [2.45, 2.75) is 0 Å². The molecule has 0 amide bonds. The molecule has 60 valence electrons. The van der Waals surface area contributed by atoms with E-state index in [4.69, 9.17) is 10.2 Å². The Hall–Kier alpha value is -0.840. The molecule has 0 heterocycles. The quantitative estimate of drug-likeness (QED) is 0.709. The maximum atomic E-state index is 12.5. The van der Waals surface area contributed by atoms with Gasteiger partial charge in [0, 0.05) is 0 Å². The lowest BCUT2D eigenvalue weighted by atomic mass is 10.3. The van der Waals surface area contributed by atoms with E-state index in [0.29, 0.717) is 0 Å². The van der Waals surface area contributed by atoms with Gasteiger partial charge in [0.1, 0.15) is 0 Å². The number of phenols is 2. The predicted molar refractivity (Wildman–Crippen MR) is 37.4 cm³/mol. The van der Waals surface area contributed by atoms with E-state index in [2.05, 4.69) is 15.9 Å². The molecule has 0 fully saturated rings. The highest BCUT2D eigenvalue weighted by Crippen LogP contribution is 2.34. The molecule has 0 atom stereocenters. The highest BCUT2D eigenvalue weighted by atomic mass is 79.9. The first-order chi connectivity index (χ1) is 5.04. The molecule has 0 unspecified atom stereocenters. The second-order valence-electron chi connectivity index (χ2n) is 1.85. The number of benzene rings is 1. The van der Waals surface area contributed by atoms with Gasteiger partial charge < -0.3 is 10.2 Å². The maximum absolute atomic E-state index is 12.5. The van der Waals surface area contributed by atoms with Crippen LogP contribution in [0.1, 0.15) is 0 Å². The summed E-state index contributed by atoms with van der Waals surface area (Å²) in [5.41, 5.74) is 0. The third-order valence-corrected chi connectivity index (χ3v) is 1.73. The van der Waals surface area contributed by atoms with Gasteiger partial charge in [0.05, 0.1) is 4.47 Å². The van der Waals surface area contributed by atoms with E-state index in [9.17, 15) is 8.78 Å². The number of phenolic OH excluding ortho intramolecular Hbond substituents is 2. The lowest BCUT2D eigenvalue weighted by Crippen LogP contribution is -1.84. The Kier molecular flexibility index (Phi) is 1.99. The smallest absolute Gasteiger partial charge is 0.210 e. The van der Waals surface area contributed by atoms with Crippen molar-refractivity contribution in [1.82, 2.24) is 0 Å². The van der Waals surface area contributed by atoms with Crippen LogP contribution in [0.2, 0.25) is 0 Å². The van der Waals surface area contributed by atoms with Gasteiger partial charge in [-0.25, -0.2) is 4.39 Å². The SMILES string of the molecule is Oc1c(F)cc(Br)c(O)c1F. The highest BCUT2D eigenvalue weighted by Gasteiger charge is 2.15. The average Bonchev–Trinajstić information content (AvgIpc) is 1.97. The van der Waals surface area contributed by atoms with Gasteiger partial charge in [0.25, 0.3) is 0 Å². The third kappa shape index (κ3) is 1.28. The fourth-order valence-corrected chi connectivity index (χ4v) is 0.945. The van der Waals surface area contributed by atoms with Crippen LogP contribution in [0.3, 0.4) is 0 Å². The van der Waals surface area contributed by atoms with Crippen molar-refractivity contribution < 1.29 is 19.0 Å². The van der Waals surface area contributed by atoms with E-state index in [1.165, 1.54) is 0 Å². The fourth-order valence-electron chi connectivity index (χ4n) is 0.570. The maximum Gasteiger partial charge on any atom is 0.210 e. The van der Waals surface area contributed by atoms with Gasteiger partial charge in [0.2, 0.25) is 5.82 Å². The number of hydrogen-bond donors (Lipinski definition) is 2. The van der Waals surface area contributed by atoms with Crippen molar-refractivity contribution in [3.63, 3.8) is 0 Å². The summed E-state index contributed by atoms with van der Waals surface area (Å²) < 4.78 is 24.7. The Morgan fingerprint density at radius 3 is 2.27 bits per heavy atom. The van der Waals surface area contributed by atoms with E-state index in [1.54, 1.807) is 0 Å². The van der Waals surface area contributed by atoms with Gasteiger partial charge in [-0.05, 0) is 22.0 Å². The topological polar surface area (TPSA) is 40.5 Å². The average molecular weight is 225 g/mol. The molecular weight excluding hydrogens is 222 g/mol. The van der Waals surface area contributed by atoms with E-state index in [-0.39, 0.29) is 4.47 Å². The molecule has 1 rings (SSSR count). The van der Waals surface area contributed by atoms with Crippen LogP contribution in [-0.4, -0.2) is 10.2 Å². The van der Waals surface area contributed by atoms with Gasteiger partial charge in [-0.15, -0.1) is 0 Å². The van der Waals surface area contributed by atoms with Gasteiger partial charge in [-0.3, -0.25) is 0 Å². The lowest BCUT2D eigenvalue weighted by molar-refractivity contribution is 0.365. The number of hydrogen-bond acceptors (Lipinski definition) is 2. The van der Waals surface area contributed by atoms with Crippen molar-refractivity contribution in [3.8, 4) is 11.5 Å². The largest absolute Gasteiger partial charge is 0.504 e. The zero-order chi connectivity index (χ0) is 8.59. The summed E-state index contributed by atoms with van der Waals surface area (Å²) in [7, 11) is 0. The molecule has 0 bridgehead atoms. The van der Waals surface area contributed by atoms with Crippen LogP contribution in [0.5, 0.6) is 11.5 Å². The van der Waals surface area contributed by atoms with E-state index in [1.807, 2.05) is 0 Å². The summed E-state index contributed by atoms with van der Waals surface area (Å²) in [5.74, 6) is -4.46. The summed E-state index contributed by atoms with van der Waals surface area (Å²) in [6, 6.07) is 0.772. The van der Waals surface area contributed by atoms with Crippen LogP contribution in [0.15, 0.2) is 10.5 Å². The minimum atomic E-state index is -1.36. The van der Waals surface area contributed by atoms with Crippen LogP contribution in [0, 0.1) is 11.6 Å². The summed E-state index contributed by atoms with van der Waals surface area (Å²) >= 11 is 2.69. The zero-order valence-electron chi connectivity index (χ0n) is 5.11. The van der Waals surface area contributed by atoms with Crippen LogP contribution in [0.25, 0.3) is 0 Å². The Balaban J connectivity index is 3.46. The number of rotatable bonds is 0. The van der Waals surface area contributed by atoms with Gasteiger partial charge in [-0.1, -0.05) is 0 Å². The van der Waals surface area contributed by atoms with Crippen LogP contribution < -0.4 is 0 Å². The van der Waals surface area contributed by atoms with E-state index < -0.39 is 23.1 Å². The molecule has 11 heavy (non-hydrogen) atoms. The molecule has 0 aliphatic carbocycles. The molecule has 0 radical (unpaired) electrons. The first kappa shape index (κ1) is 8.26. The molecule has 2 N–H and O–H groups in total. The minimum absolute atomic E-state index is 0.134. The third-order valence-electron chi connectivity index (χ3n) is 1.12. The Morgan fingerprint density at radius 1 is 1.18 bits per heavy atom. The predicted octanol–water partition coefficient (Wildman–Crippen LogP) is 2.14. The highest BCUT2D eigenvalue weighted by molar-refractivity contribution is 9.10. The lowest BCUT2D eigenvalue weighted by Gasteiger charge is -2.01. The van der Waals surface area contributed by atoms with Crippen molar-refractivity contribution in [3.05, 3.63) is 22.2 Å².